The molecular weight excluding hydrogens is 240 g/mol. The maximum Gasteiger partial charge on any atom is 0.270 e. The molecule has 0 atom stereocenters. The van der Waals surface area contributed by atoms with E-state index in [1.807, 2.05) is 0 Å². The molecule has 1 aromatic heterocycles. The summed E-state index contributed by atoms with van der Waals surface area (Å²) in [5, 5.41) is 34.3. The molecule has 0 bridgehead atoms. The second-order valence-corrected chi connectivity index (χ2v) is 3.39. The van der Waals surface area contributed by atoms with Crippen LogP contribution in [0.4, 0.5) is 11.4 Å². The van der Waals surface area contributed by atoms with Crippen molar-refractivity contribution in [2.45, 2.75) is 0 Å². The number of hydrogen-bond donors (Lipinski definition) is 4. The lowest BCUT2D eigenvalue weighted by atomic mass is 10.2. The summed E-state index contributed by atoms with van der Waals surface area (Å²) in [5.41, 5.74) is 5.34. The second-order valence-electron chi connectivity index (χ2n) is 3.39. The van der Waals surface area contributed by atoms with Crippen LogP contribution >= 0.6 is 0 Å². The number of rotatable bonds is 2. The van der Waals surface area contributed by atoms with Gasteiger partial charge in [0.2, 0.25) is 11.8 Å². The van der Waals surface area contributed by atoms with Crippen molar-refractivity contribution >= 4 is 28.2 Å². The number of H-pyrrole nitrogens is 1. The third kappa shape index (κ3) is 1.96. The van der Waals surface area contributed by atoms with Crippen molar-refractivity contribution in [3.05, 3.63) is 28.3 Å². The molecule has 0 radical (unpaired) electrons. The predicted octanol–water partition coefficient (Wildman–Crippen LogP) is 1.76. The Morgan fingerprint density at radius 1 is 1.56 bits per heavy atom. The number of azo groups is 1. The van der Waals surface area contributed by atoms with Gasteiger partial charge in [-0.25, -0.2) is 0 Å². The SMILES string of the molecule is N=C(N)N=Nc1c(O)[nH]c2ccc([N+](=O)[O-])cc12. The molecule has 0 aliphatic rings. The Morgan fingerprint density at radius 3 is 2.89 bits per heavy atom. The summed E-state index contributed by atoms with van der Waals surface area (Å²) < 4.78 is 0. The quantitative estimate of drug-likeness (QED) is 0.210. The first-order valence-electron chi connectivity index (χ1n) is 4.74. The average molecular weight is 248 g/mol. The minimum Gasteiger partial charge on any atom is -0.493 e. The van der Waals surface area contributed by atoms with E-state index in [0.717, 1.165) is 0 Å². The molecule has 0 aliphatic heterocycles. The van der Waals surface area contributed by atoms with E-state index in [9.17, 15) is 15.2 Å². The van der Waals surface area contributed by atoms with Gasteiger partial charge in [-0.3, -0.25) is 15.5 Å². The molecule has 0 unspecified atom stereocenters. The molecule has 92 valence electrons. The number of aromatic amines is 1. The maximum atomic E-state index is 10.7. The van der Waals surface area contributed by atoms with Crippen molar-refractivity contribution < 1.29 is 10.0 Å². The van der Waals surface area contributed by atoms with Crippen LogP contribution < -0.4 is 5.73 Å². The van der Waals surface area contributed by atoms with E-state index in [1.54, 1.807) is 0 Å². The van der Waals surface area contributed by atoms with Gasteiger partial charge in [0.15, 0.2) is 5.69 Å². The maximum absolute atomic E-state index is 10.7. The van der Waals surface area contributed by atoms with Gasteiger partial charge in [0.05, 0.1) is 10.4 Å². The van der Waals surface area contributed by atoms with Crippen molar-refractivity contribution in [3.8, 4) is 5.88 Å². The Kier molecular flexibility index (Phi) is 2.64. The first kappa shape index (κ1) is 11.5. The monoisotopic (exact) mass is 248 g/mol. The van der Waals surface area contributed by atoms with Gasteiger partial charge in [-0.15, -0.1) is 10.2 Å². The Morgan fingerprint density at radius 2 is 2.28 bits per heavy atom. The van der Waals surface area contributed by atoms with Gasteiger partial charge in [0.25, 0.3) is 5.69 Å². The van der Waals surface area contributed by atoms with Crippen molar-refractivity contribution in [2.24, 2.45) is 16.0 Å². The first-order chi connectivity index (χ1) is 8.49. The number of nitro groups is 1. The second kappa shape index (κ2) is 4.13. The number of hydrogen-bond acceptors (Lipinski definition) is 5. The molecule has 0 spiro atoms. The summed E-state index contributed by atoms with van der Waals surface area (Å²) in [5.74, 6) is -0.829. The molecule has 2 aromatic rings. The van der Waals surface area contributed by atoms with Gasteiger partial charge < -0.3 is 15.8 Å². The summed E-state index contributed by atoms with van der Waals surface area (Å²) in [6.45, 7) is 0. The highest BCUT2D eigenvalue weighted by atomic mass is 16.6. The van der Waals surface area contributed by atoms with Gasteiger partial charge in [-0.1, -0.05) is 0 Å². The molecule has 0 saturated heterocycles. The summed E-state index contributed by atoms with van der Waals surface area (Å²) in [7, 11) is 0. The fourth-order valence-corrected chi connectivity index (χ4v) is 1.47. The number of aromatic nitrogens is 1. The largest absolute Gasteiger partial charge is 0.493 e. The van der Waals surface area contributed by atoms with Crippen molar-refractivity contribution in [1.29, 1.82) is 5.41 Å². The van der Waals surface area contributed by atoms with E-state index in [4.69, 9.17) is 11.1 Å². The minimum atomic E-state index is -0.560. The zero-order valence-electron chi connectivity index (χ0n) is 8.91. The van der Waals surface area contributed by atoms with Crippen LogP contribution in [0.15, 0.2) is 28.4 Å². The molecule has 9 nitrogen and oxygen atoms in total. The Hall–Kier alpha value is -2.97. The number of guanidine groups is 1. The van der Waals surface area contributed by atoms with Crippen LogP contribution in [0.5, 0.6) is 5.88 Å². The van der Waals surface area contributed by atoms with Gasteiger partial charge in [0.1, 0.15) is 0 Å². The lowest BCUT2D eigenvalue weighted by molar-refractivity contribution is -0.384. The Bertz CT molecular complexity index is 674. The molecule has 1 aromatic carbocycles. The van der Waals surface area contributed by atoms with Crippen LogP contribution in [0.25, 0.3) is 10.9 Å². The average Bonchev–Trinajstić information content (AvgIpc) is 2.60. The molecule has 0 aliphatic carbocycles. The van der Waals surface area contributed by atoms with Gasteiger partial charge in [-0.2, -0.15) is 0 Å². The van der Waals surface area contributed by atoms with E-state index in [0.29, 0.717) is 10.9 Å². The van der Waals surface area contributed by atoms with Crippen LogP contribution in [-0.4, -0.2) is 21.0 Å². The van der Waals surface area contributed by atoms with E-state index < -0.39 is 10.9 Å². The molecule has 0 fully saturated rings. The van der Waals surface area contributed by atoms with Crippen LogP contribution in [0.3, 0.4) is 0 Å². The number of non-ortho nitro benzene ring substituents is 1. The van der Waals surface area contributed by atoms with Crippen molar-refractivity contribution in [2.75, 3.05) is 0 Å². The van der Waals surface area contributed by atoms with Crippen LogP contribution in [0.2, 0.25) is 0 Å². The fourth-order valence-electron chi connectivity index (χ4n) is 1.47. The fraction of sp³-hybridized carbons (Fsp3) is 0. The summed E-state index contributed by atoms with van der Waals surface area (Å²) >= 11 is 0. The lowest BCUT2D eigenvalue weighted by Gasteiger charge is -1.92. The normalized spacial score (nSPS) is 11.1. The number of nitrogens with one attached hydrogen (secondary N) is 2. The number of nitrogens with zero attached hydrogens (tertiary/aromatic N) is 3. The molecule has 2 rings (SSSR count). The van der Waals surface area contributed by atoms with Crippen LogP contribution in [-0.2, 0) is 0 Å². The zero-order valence-corrected chi connectivity index (χ0v) is 8.91. The van der Waals surface area contributed by atoms with E-state index >= 15 is 0 Å². The summed E-state index contributed by atoms with van der Waals surface area (Å²) in [4.78, 5) is 12.7. The van der Waals surface area contributed by atoms with Gasteiger partial charge >= 0.3 is 0 Å². The smallest absolute Gasteiger partial charge is 0.270 e. The van der Waals surface area contributed by atoms with Crippen molar-refractivity contribution in [3.63, 3.8) is 0 Å². The molecule has 0 amide bonds. The molecule has 9 heteroatoms. The highest BCUT2D eigenvalue weighted by Crippen LogP contribution is 2.37. The molecule has 0 saturated carbocycles. The van der Waals surface area contributed by atoms with Crippen LogP contribution in [0.1, 0.15) is 0 Å². The highest BCUT2D eigenvalue weighted by Gasteiger charge is 2.14. The standard InChI is InChI=1S/C9H8N6O3/c10-9(11)14-13-7-5-3-4(15(17)18)1-2-6(5)12-8(7)16/h1-3,12,16H,(H3,10,11). The highest BCUT2D eigenvalue weighted by molar-refractivity contribution is 5.95. The number of benzene rings is 1. The number of nitrogens with two attached hydrogens (primary N) is 1. The molecule has 1 heterocycles. The third-order valence-corrected chi connectivity index (χ3v) is 2.20. The Balaban J connectivity index is 2.63. The van der Waals surface area contributed by atoms with E-state index in [-0.39, 0.29) is 17.3 Å². The summed E-state index contributed by atoms with van der Waals surface area (Å²) in [6.07, 6.45) is 0. The minimum absolute atomic E-state index is 0.00361. The number of fused-ring (bicyclic) bond motifs is 1. The topological polar surface area (TPSA) is 154 Å². The summed E-state index contributed by atoms with van der Waals surface area (Å²) in [6, 6.07) is 3.99. The van der Waals surface area contributed by atoms with Crippen molar-refractivity contribution in [1.82, 2.24) is 4.98 Å². The third-order valence-electron chi connectivity index (χ3n) is 2.20. The number of nitro benzene ring substituents is 1. The lowest BCUT2D eigenvalue weighted by Crippen LogP contribution is -2.03. The number of aromatic hydroxyl groups is 1. The first-order valence-corrected chi connectivity index (χ1v) is 4.74. The molecule has 18 heavy (non-hydrogen) atoms. The predicted molar refractivity (Wildman–Crippen MR) is 63.0 cm³/mol. The van der Waals surface area contributed by atoms with E-state index in [2.05, 4.69) is 15.2 Å². The van der Waals surface area contributed by atoms with E-state index in [1.165, 1.54) is 18.2 Å². The van der Waals surface area contributed by atoms with Gasteiger partial charge in [-0.05, 0) is 6.07 Å². The molecule has 5 N–H and O–H groups in total. The van der Waals surface area contributed by atoms with Crippen LogP contribution in [0, 0.1) is 15.5 Å². The van der Waals surface area contributed by atoms with Gasteiger partial charge in [0, 0.05) is 17.5 Å². The zero-order chi connectivity index (χ0) is 13.3. The molecular formula is C9H8N6O3. The Labute approximate surface area is 99.6 Å².